The van der Waals surface area contributed by atoms with E-state index in [1.54, 1.807) is 24.3 Å². The van der Waals surface area contributed by atoms with Gasteiger partial charge in [-0.1, -0.05) is 84.6 Å². The largest absolute Gasteiger partial charge is 0.425 e. The van der Waals surface area contributed by atoms with Crippen LogP contribution in [0.2, 0.25) is 0 Å². The molecule has 0 spiro atoms. The Bertz CT molecular complexity index is 2170. The predicted octanol–water partition coefficient (Wildman–Crippen LogP) is 8.24. The molecule has 2 N–H and O–H groups in total. The second-order valence-electron chi connectivity index (χ2n) is 15.9. The van der Waals surface area contributed by atoms with E-state index in [0.717, 1.165) is 33.4 Å². The number of ether oxygens (including phenoxy) is 4. The lowest BCUT2D eigenvalue weighted by atomic mass is 9.67. The minimum Gasteiger partial charge on any atom is -0.425 e. The van der Waals surface area contributed by atoms with Gasteiger partial charge in [-0.3, -0.25) is 9.59 Å². The lowest BCUT2D eigenvalue weighted by Crippen LogP contribution is -2.58. The molecular weight excluding hydrogens is 672 g/mol. The number of carbonyl (C=O) groups excluding carboxylic acids is 4. The van der Waals surface area contributed by atoms with Crippen molar-refractivity contribution in [3.8, 4) is 23.0 Å². The Morgan fingerprint density at radius 2 is 1.06 bits per heavy atom. The van der Waals surface area contributed by atoms with Crippen molar-refractivity contribution in [2.45, 2.75) is 91.1 Å². The van der Waals surface area contributed by atoms with E-state index in [1.165, 1.54) is 0 Å². The van der Waals surface area contributed by atoms with E-state index >= 15 is 0 Å². The smallest absolute Gasteiger partial charge is 0.413 e. The fourth-order valence-electron chi connectivity index (χ4n) is 8.47. The van der Waals surface area contributed by atoms with Crippen LogP contribution in [0, 0.1) is 33.1 Å². The molecule has 10 nitrogen and oxygen atoms in total. The molecule has 4 unspecified atom stereocenters. The first-order valence-electron chi connectivity index (χ1n) is 17.9. The molecule has 4 aromatic rings. The molecule has 0 radical (unpaired) electrons. The number of rotatable bonds is 6. The van der Waals surface area contributed by atoms with E-state index in [4.69, 9.17) is 18.9 Å². The Balaban J connectivity index is 1.06. The molecule has 3 aliphatic rings. The monoisotopic (exact) mass is 716 g/mol. The van der Waals surface area contributed by atoms with Gasteiger partial charge in [0.2, 0.25) is 0 Å². The summed E-state index contributed by atoms with van der Waals surface area (Å²) < 4.78 is 23.0. The number of nitrogens with one attached hydrogen (secondary N) is 2. The van der Waals surface area contributed by atoms with Gasteiger partial charge in [0.15, 0.2) is 0 Å². The molecule has 7 rings (SSSR count). The van der Waals surface area contributed by atoms with Gasteiger partial charge in [0.25, 0.3) is 0 Å². The Morgan fingerprint density at radius 1 is 0.623 bits per heavy atom. The summed E-state index contributed by atoms with van der Waals surface area (Å²) in [6.45, 7) is 13.8. The van der Waals surface area contributed by atoms with E-state index < -0.39 is 41.5 Å². The third-order valence-corrected chi connectivity index (χ3v) is 10.3. The van der Waals surface area contributed by atoms with E-state index in [-0.39, 0.29) is 23.0 Å². The lowest BCUT2D eigenvalue weighted by Gasteiger charge is -2.46. The van der Waals surface area contributed by atoms with Crippen LogP contribution < -0.4 is 29.6 Å². The van der Waals surface area contributed by atoms with Gasteiger partial charge in [-0.15, -0.1) is 0 Å². The zero-order valence-electron chi connectivity index (χ0n) is 31.0. The number of fused-ring (bicyclic) bond motifs is 2. The van der Waals surface area contributed by atoms with E-state index in [9.17, 15) is 19.2 Å². The maximum Gasteiger partial charge on any atom is 0.413 e. The summed E-state index contributed by atoms with van der Waals surface area (Å²) in [6.07, 6.45) is 0.333. The van der Waals surface area contributed by atoms with Crippen molar-refractivity contribution in [3.63, 3.8) is 0 Å². The number of hydrogen-bond donors (Lipinski definition) is 2. The molecule has 1 saturated carbocycles. The van der Waals surface area contributed by atoms with Crippen LogP contribution >= 0.6 is 0 Å². The summed E-state index contributed by atoms with van der Waals surface area (Å²) in [5.41, 5.74) is 5.31. The van der Waals surface area contributed by atoms with Crippen molar-refractivity contribution in [2.24, 2.45) is 5.41 Å². The van der Waals surface area contributed by atoms with Crippen molar-refractivity contribution >= 4 is 24.1 Å². The molecule has 0 bridgehead atoms. The molecule has 10 heteroatoms. The normalized spacial score (nSPS) is 22.6. The highest BCUT2D eigenvalue weighted by molar-refractivity contribution is 5.91. The lowest BCUT2D eigenvalue weighted by molar-refractivity contribution is -0.134. The number of esters is 2. The van der Waals surface area contributed by atoms with Crippen LogP contribution in [-0.2, 0) is 9.59 Å². The van der Waals surface area contributed by atoms with Crippen molar-refractivity contribution in [2.75, 3.05) is 0 Å². The molecule has 0 saturated heterocycles. The predicted molar refractivity (Wildman–Crippen MR) is 198 cm³/mol. The molecule has 2 aliphatic heterocycles. The van der Waals surface area contributed by atoms with Gasteiger partial charge >= 0.3 is 24.1 Å². The van der Waals surface area contributed by atoms with Crippen molar-refractivity contribution in [1.29, 1.82) is 0 Å². The summed E-state index contributed by atoms with van der Waals surface area (Å²) in [6, 6.07) is 21.6. The highest BCUT2D eigenvalue weighted by Crippen LogP contribution is 2.45. The maximum atomic E-state index is 13.6. The Morgan fingerprint density at radius 3 is 1.55 bits per heavy atom. The van der Waals surface area contributed by atoms with Gasteiger partial charge in [-0.2, -0.15) is 0 Å². The SMILES string of the molecule is Cc1ccc(OC(=O)NC2CC(C)(C)CC(C)(NC(=O)Oc3ccc(C)cc3C3C(=O)Oc4ccc(C)cc43)C2)c(C2C(=O)Oc3ccc(C)cc32)c1. The first-order valence-corrected chi connectivity index (χ1v) is 17.9. The van der Waals surface area contributed by atoms with Crippen molar-refractivity contribution in [3.05, 3.63) is 117 Å². The minimum atomic E-state index is -0.762. The molecule has 4 aromatic carbocycles. The van der Waals surface area contributed by atoms with Gasteiger partial charge in [0.05, 0.1) is 0 Å². The average Bonchev–Trinajstić information content (AvgIpc) is 3.55. The fraction of sp³-hybridized carbons (Fsp3) is 0.349. The van der Waals surface area contributed by atoms with E-state index in [1.807, 2.05) is 83.1 Å². The van der Waals surface area contributed by atoms with Crippen LogP contribution in [0.3, 0.4) is 0 Å². The molecule has 274 valence electrons. The first kappa shape index (κ1) is 35.7. The van der Waals surface area contributed by atoms with Crippen molar-refractivity contribution < 1.29 is 38.1 Å². The number of amides is 2. The van der Waals surface area contributed by atoms with Crippen molar-refractivity contribution in [1.82, 2.24) is 10.6 Å². The molecule has 2 heterocycles. The van der Waals surface area contributed by atoms with Gasteiger partial charge in [0.1, 0.15) is 34.8 Å². The second-order valence-corrected chi connectivity index (χ2v) is 15.9. The van der Waals surface area contributed by atoms with E-state index in [2.05, 4.69) is 24.5 Å². The van der Waals surface area contributed by atoms with Crippen LogP contribution in [0.25, 0.3) is 0 Å². The van der Waals surface area contributed by atoms with Crippen LogP contribution in [0.15, 0.2) is 72.8 Å². The third kappa shape index (κ3) is 7.36. The van der Waals surface area contributed by atoms with Gasteiger partial charge in [-0.05, 0) is 83.6 Å². The number of hydrogen-bond acceptors (Lipinski definition) is 8. The van der Waals surface area contributed by atoms with Gasteiger partial charge in [-0.25, -0.2) is 9.59 Å². The van der Waals surface area contributed by atoms with Gasteiger partial charge in [0, 0.05) is 33.8 Å². The quantitative estimate of drug-likeness (QED) is 0.151. The number of carbonyl (C=O) groups is 4. The summed E-state index contributed by atoms with van der Waals surface area (Å²) in [5, 5.41) is 6.10. The Labute approximate surface area is 309 Å². The number of benzene rings is 4. The summed E-state index contributed by atoms with van der Waals surface area (Å²) in [7, 11) is 0. The summed E-state index contributed by atoms with van der Waals surface area (Å²) in [4.78, 5) is 53.3. The average molecular weight is 717 g/mol. The molecular formula is C43H44N2O8. The van der Waals surface area contributed by atoms with Crippen LogP contribution in [0.5, 0.6) is 23.0 Å². The number of aryl methyl sites for hydroxylation is 4. The third-order valence-electron chi connectivity index (χ3n) is 10.3. The Hall–Kier alpha value is -5.64. The summed E-state index contributed by atoms with van der Waals surface area (Å²) >= 11 is 0. The second kappa shape index (κ2) is 13.4. The minimum absolute atomic E-state index is 0.263. The zero-order valence-corrected chi connectivity index (χ0v) is 31.0. The topological polar surface area (TPSA) is 129 Å². The highest BCUT2D eigenvalue weighted by Gasteiger charge is 2.44. The molecule has 1 aliphatic carbocycles. The molecule has 4 atom stereocenters. The van der Waals surface area contributed by atoms with Crippen LogP contribution in [-0.4, -0.2) is 35.7 Å². The van der Waals surface area contributed by atoms with Crippen LogP contribution in [0.1, 0.15) is 96.4 Å². The zero-order chi connectivity index (χ0) is 37.8. The highest BCUT2D eigenvalue weighted by atomic mass is 16.6. The molecule has 2 amide bonds. The molecule has 0 aromatic heterocycles. The van der Waals surface area contributed by atoms with E-state index in [0.29, 0.717) is 41.9 Å². The first-order chi connectivity index (χ1) is 25.1. The Kier molecular flexibility index (Phi) is 9.04. The van der Waals surface area contributed by atoms with Crippen LogP contribution in [0.4, 0.5) is 9.59 Å². The molecule has 53 heavy (non-hydrogen) atoms. The van der Waals surface area contributed by atoms with Gasteiger partial charge < -0.3 is 29.6 Å². The fourth-order valence-corrected chi connectivity index (χ4v) is 8.47. The molecule has 1 fully saturated rings. The standard InChI is InChI=1S/C43H44N2O8/c1-23-8-12-32-28(16-23)36(38(46)50-32)30-18-25(3)10-14-34(30)52-40(48)44-27-20-42(5,6)22-43(7,21-27)45-41(49)53-35-15-11-26(4)19-31(35)37-29-17-24(2)9-13-33(29)51-39(37)47/h8-19,27,36-37H,20-22H2,1-7H3,(H,44,48)(H,45,49). The maximum absolute atomic E-state index is 13.6. The summed E-state index contributed by atoms with van der Waals surface area (Å²) in [5.74, 6) is -0.792.